The fourth-order valence-electron chi connectivity index (χ4n) is 4.92. The van der Waals surface area contributed by atoms with Gasteiger partial charge in [-0.05, 0) is 67.9 Å². The minimum atomic E-state index is -0.348. The van der Waals surface area contributed by atoms with Crippen LogP contribution in [0.5, 0.6) is 11.5 Å². The molecule has 0 aliphatic heterocycles. The van der Waals surface area contributed by atoms with Gasteiger partial charge in [-0.25, -0.2) is 0 Å². The summed E-state index contributed by atoms with van der Waals surface area (Å²) in [4.78, 5) is 24.3. The Bertz CT molecular complexity index is 873. The predicted octanol–water partition coefficient (Wildman–Crippen LogP) is 8.93. The molecule has 230 valence electrons. The second-order valence-corrected chi connectivity index (χ2v) is 12.4. The molecule has 0 fully saturated rings. The molecule has 1 N–H and O–H groups in total. The van der Waals surface area contributed by atoms with Crippen LogP contribution in [0.15, 0.2) is 12.1 Å². The van der Waals surface area contributed by atoms with Crippen LogP contribution in [0.2, 0.25) is 0 Å². The van der Waals surface area contributed by atoms with Crippen molar-refractivity contribution >= 4 is 11.9 Å². The number of phenolic OH excluding ortho intramolecular Hbond substituents is 1. The van der Waals surface area contributed by atoms with Crippen molar-refractivity contribution in [2.75, 3.05) is 19.8 Å². The first-order valence-electron chi connectivity index (χ1n) is 15.8. The lowest BCUT2D eigenvalue weighted by Gasteiger charge is -2.32. The van der Waals surface area contributed by atoms with E-state index >= 15 is 0 Å². The van der Waals surface area contributed by atoms with Gasteiger partial charge in [-0.15, -0.1) is 0 Å². The van der Waals surface area contributed by atoms with E-state index in [1.54, 1.807) is 0 Å². The minimum Gasteiger partial charge on any atom is -0.508 e. The molecule has 0 spiro atoms. The highest BCUT2D eigenvalue weighted by Gasteiger charge is 2.31. The van der Waals surface area contributed by atoms with Crippen LogP contribution in [-0.2, 0) is 29.9 Å². The van der Waals surface area contributed by atoms with Crippen LogP contribution in [0.3, 0.4) is 0 Å². The zero-order valence-corrected chi connectivity index (χ0v) is 26.7. The monoisotopic (exact) mass is 562 g/mol. The van der Waals surface area contributed by atoms with Crippen LogP contribution in [0, 0.1) is 0 Å². The Morgan fingerprint density at radius 1 is 0.650 bits per heavy atom. The Kier molecular flexibility index (Phi) is 17.0. The summed E-state index contributed by atoms with van der Waals surface area (Å²) in [5.41, 5.74) is 1.13. The third-order valence-corrected chi connectivity index (χ3v) is 7.70. The number of aromatic hydroxyl groups is 1. The largest absolute Gasteiger partial charge is 0.508 e. The van der Waals surface area contributed by atoms with Crippen LogP contribution in [0.1, 0.15) is 149 Å². The lowest BCUT2D eigenvalue weighted by atomic mass is 9.75. The van der Waals surface area contributed by atoms with E-state index < -0.39 is 0 Å². The van der Waals surface area contributed by atoms with E-state index in [4.69, 9.17) is 14.2 Å². The summed E-state index contributed by atoms with van der Waals surface area (Å²) in [6.07, 6.45) is 11.8. The summed E-state index contributed by atoms with van der Waals surface area (Å²) < 4.78 is 17.0. The van der Waals surface area contributed by atoms with E-state index in [1.165, 1.54) is 0 Å². The van der Waals surface area contributed by atoms with Crippen molar-refractivity contribution in [3.63, 3.8) is 0 Å². The van der Waals surface area contributed by atoms with E-state index in [0.717, 1.165) is 81.1 Å². The van der Waals surface area contributed by atoms with E-state index in [-0.39, 0.29) is 28.5 Å². The number of unbranched alkanes of at least 4 members (excludes halogenated alkanes) is 5. The van der Waals surface area contributed by atoms with Gasteiger partial charge in [0, 0.05) is 24.0 Å². The van der Waals surface area contributed by atoms with Gasteiger partial charge in [0.05, 0.1) is 19.8 Å². The standard InChI is InChI=1S/C34H58O6/c1-8-11-14-23-39-31(36)18-16-20-33(4,5)27-26-30(38-22-13-10-3)28(25-29(27)35)34(6,7)21-17-19-32(37)40-24-15-12-9-2/h25-26,35H,8-24H2,1-7H3. The van der Waals surface area contributed by atoms with Gasteiger partial charge in [0.15, 0.2) is 0 Å². The molecule has 0 radical (unpaired) electrons. The number of hydrogen-bond donors (Lipinski definition) is 1. The Morgan fingerprint density at radius 2 is 1.12 bits per heavy atom. The summed E-state index contributed by atoms with van der Waals surface area (Å²) in [7, 11) is 0. The van der Waals surface area contributed by atoms with Crippen molar-refractivity contribution < 1.29 is 28.9 Å². The number of hydrogen-bond acceptors (Lipinski definition) is 6. The molecule has 40 heavy (non-hydrogen) atoms. The van der Waals surface area contributed by atoms with Crippen molar-refractivity contribution in [3.05, 3.63) is 23.3 Å². The molecular formula is C34H58O6. The molecular weight excluding hydrogens is 504 g/mol. The van der Waals surface area contributed by atoms with Crippen molar-refractivity contribution in [1.82, 2.24) is 0 Å². The highest BCUT2D eigenvalue weighted by atomic mass is 16.5. The minimum absolute atomic E-state index is 0.142. The van der Waals surface area contributed by atoms with Crippen LogP contribution in [0.25, 0.3) is 0 Å². The second kappa shape index (κ2) is 19.0. The van der Waals surface area contributed by atoms with Gasteiger partial charge in [0.25, 0.3) is 0 Å². The smallest absolute Gasteiger partial charge is 0.305 e. The van der Waals surface area contributed by atoms with Gasteiger partial charge in [-0.2, -0.15) is 0 Å². The first-order chi connectivity index (χ1) is 19.0. The molecule has 0 saturated heterocycles. The molecule has 1 aromatic rings. The maximum absolute atomic E-state index is 12.2. The summed E-state index contributed by atoms with van der Waals surface area (Å²) in [6, 6.07) is 3.84. The Balaban J connectivity index is 2.93. The Morgan fingerprint density at radius 3 is 1.60 bits per heavy atom. The number of rotatable bonds is 22. The second-order valence-electron chi connectivity index (χ2n) is 12.4. The van der Waals surface area contributed by atoms with Gasteiger partial charge in [-0.3, -0.25) is 9.59 Å². The fourth-order valence-corrected chi connectivity index (χ4v) is 4.92. The normalized spacial score (nSPS) is 11.9. The average molecular weight is 563 g/mol. The summed E-state index contributed by atoms with van der Waals surface area (Å²) in [5.74, 6) is 0.739. The van der Waals surface area contributed by atoms with Crippen molar-refractivity contribution in [2.24, 2.45) is 0 Å². The zero-order chi connectivity index (χ0) is 30.0. The maximum Gasteiger partial charge on any atom is 0.305 e. The molecule has 0 aliphatic carbocycles. The van der Waals surface area contributed by atoms with Gasteiger partial charge >= 0.3 is 11.9 Å². The first kappa shape index (κ1) is 35.8. The Hall–Kier alpha value is -2.24. The number of ether oxygens (including phenoxy) is 3. The van der Waals surface area contributed by atoms with Crippen LogP contribution in [-0.4, -0.2) is 36.9 Å². The van der Waals surface area contributed by atoms with Gasteiger partial charge < -0.3 is 19.3 Å². The molecule has 0 heterocycles. The molecule has 6 nitrogen and oxygen atoms in total. The molecule has 0 unspecified atom stereocenters. The number of carbonyl (C=O) groups excluding carboxylic acids is 2. The van der Waals surface area contributed by atoms with Crippen molar-refractivity contribution in [3.8, 4) is 11.5 Å². The van der Waals surface area contributed by atoms with Crippen LogP contribution in [0.4, 0.5) is 0 Å². The van der Waals surface area contributed by atoms with Crippen molar-refractivity contribution in [2.45, 2.75) is 149 Å². The number of phenols is 1. The van der Waals surface area contributed by atoms with Gasteiger partial charge in [0.1, 0.15) is 11.5 Å². The molecule has 0 amide bonds. The highest BCUT2D eigenvalue weighted by Crippen LogP contribution is 2.44. The van der Waals surface area contributed by atoms with Crippen LogP contribution >= 0.6 is 0 Å². The average Bonchev–Trinajstić information content (AvgIpc) is 2.89. The lowest BCUT2D eigenvalue weighted by Crippen LogP contribution is -2.22. The highest BCUT2D eigenvalue weighted by molar-refractivity contribution is 5.69. The zero-order valence-electron chi connectivity index (χ0n) is 26.7. The topological polar surface area (TPSA) is 82.1 Å². The van der Waals surface area contributed by atoms with Gasteiger partial charge in [0.2, 0.25) is 0 Å². The van der Waals surface area contributed by atoms with Crippen molar-refractivity contribution in [1.29, 1.82) is 0 Å². The lowest BCUT2D eigenvalue weighted by molar-refractivity contribution is -0.144. The summed E-state index contributed by atoms with van der Waals surface area (Å²) in [6.45, 7) is 16.5. The van der Waals surface area contributed by atoms with E-state index in [2.05, 4.69) is 48.5 Å². The van der Waals surface area contributed by atoms with Crippen LogP contribution < -0.4 is 4.74 Å². The number of esters is 2. The third kappa shape index (κ3) is 13.4. The predicted molar refractivity (Wildman–Crippen MR) is 163 cm³/mol. The molecule has 0 aliphatic rings. The van der Waals surface area contributed by atoms with Gasteiger partial charge in [-0.1, -0.05) is 80.6 Å². The SMILES string of the molecule is CCCCCOC(=O)CCCC(C)(C)c1cc(OCCCC)c(C(C)(C)CCCC(=O)OCCCCC)cc1O. The molecule has 0 saturated carbocycles. The van der Waals surface area contributed by atoms with E-state index in [1.807, 2.05) is 12.1 Å². The molecule has 6 heteroatoms. The molecule has 0 bridgehead atoms. The number of carbonyl (C=O) groups is 2. The number of benzene rings is 1. The first-order valence-corrected chi connectivity index (χ1v) is 15.8. The fraction of sp³-hybridized carbons (Fsp3) is 0.765. The molecule has 1 aromatic carbocycles. The quantitative estimate of drug-likeness (QED) is 0.112. The Labute approximate surface area is 244 Å². The van der Waals surface area contributed by atoms with E-state index in [9.17, 15) is 14.7 Å². The maximum atomic E-state index is 12.2. The summed E-state index contributed by atoms with van der Waals surface area (Å²) >= 11 is 0. The summed E-state index contributed by atoms with van der Waals surface area (Å²) in [5, 5.41) is 11.2. The molecule has 1 rings (SSSR count). The molecule has 0 aromatic heterocycles. The third-order valence-electron chi connectivity index (χ3n) is 7.70. The van der Waals surface area contributed by atoms with E-state index in [0.29, 0.717) is 45.5 Å². The molecule has 0 atom stereocenters.